The van der Waals surface area contributed by atoms with Crippen molar-refractivity contribution in [3.05, 3.63) is 29.8 Å². The highest BCUT2D eigenvalue weighted by Gasteiger charge is 1.96. The monoisotopic (exact) mass is 154 g/mol. The molecule has 0 bridgehead atoms. The van der Waals surface area contributed by atoms with E-state index in [0.717, 1.165) is 0 Å². The lowest BCUT2D eigenvalue weighted by molar-refractivity contribution is 0.288. The third kappa shape index (κ3) is 2.24. The van der Waals surface area contributed by atoms with Crippen LogP contribution in [0.2, 0.25) is 0 Å². The van der Waals surface area contributed by atoms with Crippen molar-refractivity contribution in [2.24, 2.45) is 0 Å². The third-order valence-electron chi connectivity index (χ3n) is 1.50. The molecule has 2 nitrogen and oxygen atoms in total. The first-order valence-electron chi connectivity index (χ1n) is 4.48. The molecule has 0 fully saturated rings. The quantitative estimate of drug-likeness (QED) is 0.689. The van der Waals surface area contributed by atoms with Crippen molar-refractivity contribution < 1.29 is 13.0 Å². The molecule has 0 heterocycles. The Balaban J connectivity index is 2.60. The topological polar surface area (TPSA) is 40.5 Å². The van der Waals surface area contributed by atoms with E-state index < -0.39 is 6.56 Å². The lowest BCUT2D eigenvalue weighted by atomic mass is 10.1. The summed E-state index contributed by atoms with van der Waals surface area (Å²) in [7, 11) is 0. The van der Waals surface area contributed by atoms with E-state index in [1.54, 1.807) is 24.3 Å². The fourth-order valence-electron chi connectivity index (χ4n) is 0.913. The van der Waals surface area contributed by atoms with Gasteiger partial charge in [-0.1, -0.05) is 18.2 Å². The van der Waals surface area contributed by atoms with Crippen LogP contribution in [0.25, 0.3) is 0 Å². The van der Waals surface area contributed by atoms with Gasteiger partial charge < -0.3 is 10.2 Å². The zero-order chi connectivity index (χ0) is 9.90. The summed E-state index contributed by atoms with van der Waals surface area (Å²) in [6.45, 7) is -2.16. The van der Waals surface area contributed by atoms with Crippen molar-refractivity contribution in [3.63, 3.8) is 0 Å². The molecule has 60 valence electrons. The summed E-state index contributed by atoms with van der Waals surface area (Å²) < 4.78 is 13.8. The lowest BCUT2D eigenvalue weighted by Gasteiger charge is -2.00. The van der Waals surface area contributed by atoms with Crippen LogP contribution >= 0.6 is 0 Å². The number of phenols is 1. The van der Waals surface area contributed by atoms with E-state index in [1.165, 1.54) is 0 Å². The van der Waals surface area contributed by atoms with Gasteiger partial charge in [-0.05, 0) is 24.5 Å². The number of aliphatic hydroxyl groups is 1. The van der Waals surface area contributed by atoms with Gasteiger partial charge in [-0.2, -0.15) is 0 Å². The van der Waals surface area contributed by atoms with E-state index in [9.17, 15) is 5.11 Å². The van der Waals surface area contributed by atoms with Gasteiger partial charge in [0, 0.05) is 6.56 Å². The lowest BCUT2D eigenvalue weighted by Crippen LogP contribution is -1.89. The highest BCUT2D eigenvalue weighted by molar-refractivity contribution is 5.31. The minimum atomic E-state index is -2.16. The van der Waals surface area contributed by atoms with Crippen LogP contribution in [0.4, 0.5) is 0 Å². The smallest absolute Gasteiger partial charge is 0.118 e. The van der Waals surface area contributed by atoms with E-state index >= 15 is 0 Å². The summed E-state index contributed by atoms with van der Waals surface area (Å²) in [5.74, 6) is 0.145. The van der Waals surface area contributed by atoms with Gasteiger partial charge in [0.15, 0.2) is 0 Å². The standard InChI is InChI=1S/C9H12O2/c10-7-3-5-8-4-1-2-6-9(8)11/h1-2,4,6,10-11H,3,5,7H2/i7D2. The molecule has 2 heteroatoms. The Labute approximate surface area is 68.9 Å². The Morgan fingerprint density at radius 3 is 2.73 bits per heavy atom. The molecule has 1 rings (SSSR count). The number of benzene rings is 1. The zero-order valence-corrected chi connectivity index (χ0v) is 6.12. The predicted molar refractivity (Wildman–Crippen MR) is 43.5 cm³/mol. The molecule has 0 unspecified atom stereocenters. The molecular formula is C9H12O2. The van der Waals surface area contributed by atoms with Gasteiger partial charge in [0.05, 0.1) is 2.74 Å². The number of hydrogen-bond acceptors (Lipinski definition) is 2. The van der Waals surface area contributed by atoms with E-state index in [2.05, 4.69) is 0 Å². The Bertz CT molecular complexity index is 281. The van der Waals surface area contributed by atoms with Gasteiger partial charge in [0.2, 0.25) is 0 Å². The molecule has 11 heavy (non-hydrogen) atoms. The molecule has 1 aromatic rings. The molecule has 0 aliphatic heterocycles. The van der Waals surface area contributed by atoms with Crippen molar-refractivity contribution in [1.82, 2.24) is 0 Å². The van der Waals surface area contributed by atoms with Crippen LogP contribution in [0.15, 0.2) is 24.3 Å². The zero-order valence-electron chi connectivity index (χ0n) is 8.12. The van der Waals surface area contributed by atoms with Crippen LogP contribution in [-0.4, -0.2) is 16.8 Å². The fourth-order valence-corrected chi connectivity index (χ4v) is 0.913. The summed E-state index contributed by atoms with van der Waals surface area (Å²) in [5, 5.41) is 18.1. The van der Waals surface area contributed by atoms with E-state index in [1.807, 2.05) is 0 Å². The number of phenolic OH excluding ortho intramolecular Hbond substituents is 1. The summed E-state index contributed by atoms with van der Waals surface area (Å²) in [4.78, 5) is 0. The van der Waals surface area contributed by atoms with Crippen molar-refractivity contribution in [2.75, 3.05) is 6.56 Å². The first-order chi connectivity index (χ1) is 5.99. The second-order valence-corrected chi connectivity index (χ2v) is 2.29. The Hall–Kier alpha value is -1.02. The Morgan fingerprint density at radius 1 is 1.36 bits per heavy atom. The van der Waals surface area contributed by atoms with Crippen molar-refractivity contribution in [3.8, 4) is 5.75 Å². The van der Waals surface area contributed by atoms with Crippen molar-refractivity contribution in [2.45, 2.75) is 12.8 Å². The number of para-hydroxylation sites is 1. The van der Waals surface area contributed by atoms with Crippen LogP contribution in [0, 0.1) is 0 Å². The Morgan fingerprint density at radius 2 is 2.09 bits per heavy atom. The van der Waals surface area contributed by atoms with Gasteiger partial charge in [-0.3, -0.25) is 0 Å². The van der Waals surface area contributed by atoms with Gasteiger partial charge >= 0.3 is 0 Å². The molecule has 0 saturated heterocycles. The summed E-state index contributed by atoms with van der Waals surface area (Å²) in [6, 6.07) is 6.72. The molecule has 2 N–H and O–H groups in total. The summed E-state index contributed by atoms with van der Waals surface area (Å²) >= 11 is 0. The fraction of sp³-hybridized carbons (Fsp3) is 0.333. The highest BCUT2D eigenvalue weighted by atomic mass is 16.3. The molecule has 0 spiro atoms. The SMILES string of the molecule is [2H]C([2H])(O)CCc1ccccc1O. The molecule has 1 aromatic carbocycles. The molecule has 0 atom stereocenters. The number of aromatic hydroxyl groups is 1. The van der Waals surface area contributed by atoms with Gasteiger partial charge in [0.1, 0.15) is 5.75 Å². The molecule has 0 amide bonds. The number of rotatable bonds is 3. The first-order valence-corrected chi connectivity index (χ1v) is 3.48. The van der Waals surface area contributed by atoms with Crippen molar-refractivity contribution >= 4 is 0 Å². The van der Waals surface area contributed by atoms with E-state index in [0.29, 0.717) is 12.0 Å². The van der Waals surface area contributed by atoms with Crippen LogP contribution in [0.3, 0.4) is 0 Å². The maximum Gasteiger partial charge on any atom is 0.118 e. The molecule has 0 radical (unpaired) electrons. The second-order valence-electron chi connectivity index (χ2n) is 2.29. The molecule has 0 aliphatic carbocycles. The minimum Gasteiger partial charge on any atom is -0.508 e. The molecule has 0 saturated carbocycles. The molecule has 0 aliphatic rings. The van der Waals surface area contributed by atoms with Gasteiger partial charge in [-0.15, -0.1) is 0 Å². The normalized spacial score (nSPS) is 13.9. The first kappa shape index (κ1) is 5.61. The second kappa shape index (κ2) is 3.98. The molecule has 0 aromatic heterocycles. The maximum absolute atomic E-state index is 9.30. The summed E-state index contributed by atoms with van der Waals surface area (Å²) in [6.07, 6.45) is 0.320. The minimum absolute atomic E-state index is 0.00935. The highest BCUT2D eigenvalue weighted by Crippen LogP contribution is 2.16. The Kier molecular flexibility index (Phi) is 2.03. The largest absolute Gasteiger partial charge is 0.508 e. The average Bonchev–Trinajstić information content (AvgIpc) is 2.01. The predicted octanol–water partition coefficient (Wildman–Crippen LogP) is 1.32. The number of hydrogen-bond donors (Lipinski definition) is 2. The van der Waals surface area contributed by atoms with E-state index in [4.69, 9.17) is 7.85 Å². The van der Waals surface area contributed by atoms with E-state index in [-0.39, 0.29) is 12.2 Å². The number of aryl methyl sites for hydroxylation is 1. The van der Waals surface area contributed by atoms with Crippen LogP contribution in [-0.2, 0) is 6.42 Å². The van der Waals surface area contributed by atoms with Crippen LogP contribution < -0.4 is 0 Å². The van der Waals surface area contributed by atoms with Crippen LogP contribution in [0.1, 0.15) is 14.7 Å². The average molecular weight is 154 g/mol. The van der Waals surface area contributed by atoms with Gasteiger partial charge in [-0.25, -0.2) is 0 Å². The van der Waals surface area contributed by atoms with Gasteiger partial charge in [0.25, 0.3) is 0 Å². The molecular weight excluding hydrogens is 140 g/mol. The van der Waals surface area contributed by atoms with Crippen molar-refractivity contribution in [1.29, 1.82) is 0 Å². The summed E-state index contributed by atoms with van der Waals surface area (Å²) in [5.41, 5.74) is 0.653. The van der Waals surface area contributed by atoms with Crippen LogP contribution in [0.5, 0.6) is 5.75 Å². The maximum atomic E-state index is 9.30. The third-order valence-corrected chi connectivity index (χ3v) is 1.50.